The zero-order valence-electron chi connectivity index (χ0n) is 11.4. The van der Waals surface area contributed by atoms with Gasteiger partial charge in [0.25, 0.3) is 0 Å². The lowest BCUT2D eigenvalue weighted by Crippen LogP contribution is -2.39. The van der Waals surface area contributed by atoms with Crippen molar-refractivity contribution in [3.8, 4) is 0 Å². The first-order chi connectivity index (χ1) is 8.01. The van der Waals surface area contributed by atoms with E-state index in [2.05, 4.69) is 13.8 Å². The van der Waals surface area contributed by atoms with Crippen molar-refractivity contribution in [3.05, 3.63) is 0 Å². The van der Waals surface area contributed by atoms with Gasteiger partial charge in [-0.25, -0.2) is 4.79 Å². The minimum atomic E-state index is -0.628. The minimum absolute atomic E-state index is 0.149. The maximum absolute atomic E-state index is 12.1. The molecule has 1 saturated carbocycles. The van der Waals surface area contributed by atoms with E-state index in [0.717, 1.165) is 31.6 Å². The first-order valence-corrected chi connectivity index (χ1v) is 6.88. The first kappa shape index (κ1) is 12.9. The molecule has 0 radical (unpaired) electrons. The van der Waals surface area contributed by atoms with E-state index >= 15 is 0 Å². The summed E-state index contributed by atoms with van der Waals surface area (Å²) in [4.78, 5) is 12.1. The highest BCUT2D eigenvalue weighted by Gasteiger charge is 2.74. The van der Waals surface area contributed by atoms with Gasteiger partial charge in [0.1, 0.15) is 5.60 Å². The second kappa shape index (κ2) is 4.27. The summed E-state index contributed by atoms with van der Waals surface area (Å²) in [7, 11) is 0. The highest BCUT2D eigenvalue weighted by atomic mass is 16.7. The predicted octanol–water partition coefficient (Wildman–Crippen LogP) is 2.92. The molecule has 0 aromatic heterocycles. The van der Waals surface area contributed by atoms with Gasteiger partial charge in [-0.05, 0) is 44.4 Å². The fourth-order valence-electron chi connectivity index (χ4n) is 3.35. The lowest BCUT2D eigenvalue weighted by molar-refractivity contribution is -0.149. The van der Waals surface area contributed by atoms with Crippen LogP contribution in [0.25, 0.3) is 0 Å². The molecule has 3 nitrogen and oxygen atoms in total. The molecule has 0 aromatic carbocycles. The molecule has 17 heavy (non-hydrogen) atoms. The Hall–Kier alpha value is -0.570. The van der Waals surface area contributed by atoms with Gasteiger partial charge in [0.15, 0.2) is 5.60 Å². The molecule has 0 bridgehead atoms. The molecule has 1 saturated heterocycles. The number of hydrogen-bond donors (Lipinski definition) is 0. The van der Waals surface area contributed by atoms with Crippen molar-refractivity contribution in [3.63, 3.8) is 0 Å². The second-order valence-corrected chi connectivity index (χ2v) is 5.69. The molecule has 2 aliphatic rings. The molecule has 0 aromatic rings. The monoisotopic (exact) mass is 240 g/mol. The molecule has 1 aliphatic carbocycles. The maximum Gasteiger partial charge on any atom is 0.341 e. The first-order valence-electron chi connectivity index (χ1n) is 6.88. The molecule has 3 heteroatoms. The third-order valence-electron chi connectivity index (χ3n) is 4.79. The Morgan fingerprint density at radius 1 is 1.35 bits per heavy atom. The summed E-state index contributed by atoms with van der Waals surface area (Å²) in [6.07, 6.45) is 3.89. The van der Waals surface area contributed by atoms with Gasteiger partial charge in [0.05, 0.1) is 6.61 Å². The summed E-state index contributed by atoms with van der Waals surface area (Å²) in [5.74, 6) is 1.22. The van der Waals surface area contributed by atoms with E-state index in [1.807, 2.05) is 13.8 Å². The topological polar surface area (TPSA) is 38.8 Å². The number of esters is 1. The number of epoxide rings is 1. The van der Waals surface area contributed by atoms with E-state index in [0.29, 0.717) is 12.5 Å². The maximum atomic E-state index is 12.1. The smallest absolute Gasteiger partial charge is 0.341 e. The van der Waals surface area contributed by atoms with E-state index < -0.39 is 5.60 Å². The van der Waals surface area contributed by atoms with Crippen LogP contribution in [-0.2, 0) is 14.3 Å². The van der Waals surface area contributed by atoms with E-state index in [1.54, 1.807) is 0 Å². The lowest BCUT2D eigenvalue weighted by Gasteiger charge is -2.31. The Balaban J connectivity index is 2.12. The number of hydrogen-bond acceptors (Lipinski definition) is 3. The Morgan fingerprint density at radius 2 is 2.06 bits per heavy atom. The van der Waals surface area contributed by atoms with Crippen LogP contribution in [0.15, 0.2) is 0 Å². The molecule has 1 spiro atoms. The average Bonchev–Trinajstić information content (AvgIpc) is 2.94. The number of carbonyl (C=O) groups excluding carboxylic acids is 1. The highest BCUT2D eigenvalue weighted by molar-refractivity contribution is 5.85. The molecule has 2 fully saturated rings. The third-order valence-corrected chi connectivity index (χ3v) is 4.79. The Bertz CT molecular complexity index is 315. The van der Waals surface area contributed by atoms with Gasteiger partial charge in [-0.1, -0.05) is 20.8 Å². The number of carbonyl (C=O) groups is 1. The molecular weight excluding hydrogens is 216 g/mol. The molecule has 0 N–H and O–H groups in total. The van der Waals surface area contributed by atoms with Crippen molar-refractivity contribution < 1.29 is 14.3 Å². The largest absolute Gasteiger partial charge is 0.464 e. The summed E-state index contributed by atoms with van der Waals surface area (Å²) in [6.45, 7) is 8.86. The van der Waals surface area contributed by atoms with Crippen molar-refractivity contribution >= 4 is 5.97 Å². The number of ether oxygens (including phenoxy) is 2. The molecular formula is C14H24O3. The Kier molecular flexibility index (Phi) is 3.23. The molecule has 98 valence electrons. The van der Waals surface area contributed by atoms with Crippen LogP contribution in [-0.4, -0.2) is 23.8 Å². The zero-order chi connectivity index (χ0) is 12.7. The zero-order valence-corrected chi connectivity index (χ0v) is 11.4. The van der Waals surface area contributed by atoms with Crippen molar-refractivity contribution in [1.29, 1.82) is 0 Å². The van der Waals surface area contributed by atoms with E-state index in [-0.39, 0.29) is 11.6 Å². The van der Waals surface area contributed by atoms with Crippen LogP contribution in [0, 0.1) is 11.8 Å². The van der Waals surface area contributed by atoms with Crippen LogP contribution in [0.2, 0.25) is 0 Å². The summed E-state index contributed by atoms with van der Waals surface area (Å²) in [6, 6.07) is 0. The fourth-order valence-corrected chi connectivity index (χ4v) is 3.35. The van der Waals surface area contributed by atoms with Crippen LogP contribution in [0.3, 0.4) is 0 Å². The van der Waals surface area contributed by atoms with Crippen molar-refractivity contribution in [2.75, 3.05) is 6.61 Å². The second-order valence-electron chi connectivity index (χ2n) is 5.69. The number of rotatable bonds is 3. The molecule has 2 rings (SSSR count). The van der Waals surface area contributed by atoms with Crippen LogP contribution >= 0.6 is 0 Å². The Morgan fingerprint density at radius 3 is 2.59 bits per heavy atom. The summed E-state index contributed by atoms with van der Waals surface area (Å²) < 4.78 is 11.1. The molecule has 4 atom stereocenters. The summed E-state index contributed by atoms with van der Waals surface area (Å²) in [5, 5.41) is 0. The van der Waals surface area contributed by atoms with Gasteiger partial charge in [-0.15, -0.1) is 0 Å². The normalized spacial score (nSPS) is 44.7. The fraction of sp³-hybridized carbons (Fsp3) is 0.929. The van der Waals surface area contributed by atoms with Gasteiger partial charge in [0.2, 0.25) is 0 Å². The Labute approximate surface area is 104 Å². The van der Waals surface area contributed by atoms with Gasteiger partial charge in [-0.2, -0.15) is 0 Å². The third kappa shape index (κ3) is 1.79. The van der Waals surface area contributed by atoms with Crippen molar-refractivity contribution in [2.45, 2.75) is 64.6 Å². The van der Waals surface area contributed by atoms with Gasteiger partial charge in [-0.3, -0.25) is 0 Å². The van der Waals surface area contributed by atoms with Crippen LogP contribution < -0.4 is 0 Å². The molecule has 1 aliphatic heterocycles. The quantitative estimate of drug-likeness (QED) is 0.562. The van der Waals surface area contributed by atoms with Crippen LogP contribution in [0.4, 0.5) is 0 Å². The summed E-state index contributed by atoms with van der Waals surface area (Å²) in [5.41, 5.74) is -0.836. The minimum Gasteiger partial charge on any atom is -0.464 e. The van der Waals surface area contributed by atoms with E-state index in [1.165, 1.54) is 0 Å². The van der Waals surface area contributed by atoms with Crippen LogP contribution in [0.1, 0.15) is 53.4 Å². The summed E-state index contributed by atoms with van der Waals surface area (Å²) >= 11 is 0. The standard InChI is InChI=1S/C14H24O3/c1-5-14(12(15)16-6-2)13(17-14)8-7-10(3)11(4)9-13/h10-11H,5-9H2,1-4H3. The van der Waals surface area contributed by atoms with Crippen LogP contribution in [0.5, 0.6) is 0 Å². The van der Waals surface area contributed by atoms with E-state index in [9.17, 15) is 4.79 Å². The van der Waals surface area contributed by atoms with Gasteiger partial charge < -0.3 is 9.47 Å². The van der Waals surface area contributed by atoms with Crippen molar-refractivity contribution in [1.82, 2.24) is 0 Å². The van der Waals surface area contributed by atoms with Crippen molar-refractivity contribution in [2.24, 2.45) is 11.8 Å². The molecule has 4 unspecified atom stereocenters. The lowest BCUT2D eigenvalue weighted by atomic mass is 9.70. The predicted molar refractivity (Wildman–Crippen MR) is 65.7 cm³/mol. The van der Waals surface area contributed by atoms with Gasteiger partial charge >= 0.3 is 5.97 Å². The molecule has 0 amide bonds. The highest BCUT2D eigenvalue weighted by Crippen LogP contribution is 2.60. The average molecular weight is 240 g/mol. The SMILES string of the molecule is CCOC(=O)C1(CC)OC12CCC(C)C(C)C2. The van der Waals surface area contributed by atoms with Gasteiger partial charge in [0, 0.05) is 0 Å². The molecule has 1 heterocycles. The van der Waals surface area contributed by atoms with E-state index in [4.69, 9.17) is 9.47 Å².